The first-order chi connectivity index (χ1) is 4.34. The van der Waals surface area contributed by atoms with E-state index in [1.54, 1.807) is 0 Å². The topological polar surface area (TPSA) is 24.1 Å². The average molecular weight is 124 g/mol. The van der Waals surface area contributed by atoms with Crippen LogP contribution in [0.1, 0.15) is 13.3 Å². The predicted molar refractivity (Wildman–Crippen MR) is 38.7 cm³/mol. The Kier molecular flexibility index (Phi) is 1.90. The Bertz CT molecular complexity index is 147. The van der Waals surface area contributed by atoms with Crippen molar-refractivity contribution in [3.8, 4) is 0 Å². The van der Waals surface area contributed by atoms with Gasteiger partial charge >= 0.3 is 0 Å². The molecule has 9 heavy (non-hydrogen) atoms. The van der Waals surface area contributed by atoms with Crippen LogP contribution in [0.5, 0.6) is 0 Å². The molecule has 0 saturated carbocycles. The van der Waals surface area contributed by atoms with Gasteiger partial charge in [-0.25, -0.2) is 5.43 Å². The third-order valence-corrected chi connectivity index (χ3v) is 1.31. The number of hydrogen-bond acceptors (Lipinski definition) is 2. The van der Waals surface area contributed by atoms with Gasteiger partial charge in [-0.3, -0.25) is 0 Å². The Balaban J connectivity index is 2.59. The van der Waals surface area contributed by atoms with Crippen LogP contribution in [0.4, 0.5) is 0 Å². The lowest BCUT2D eigenvalue weighted by atomic mass is 10.2. The molecule has 0 spiro atoms. The molecule has 0 aromatic rings. The second-order valence-electron chi connectivity index (χ2n) is 2.11. The van der Waals surface area contributed by atoms with E-state index < -0.39 is 0 Å². The highest BCUT2D eigenvalue weighted by molar-refractivity contribution is 5.30. The molecule has 1 aliphatic rings. The van der Waals surface area contributed by atoms with Crippen LogP contribution in [-0.2, 0) is 0 Å². The number of rotatable bonds is 1. The van der Waals surface area contributed by atoms with Crippen LogP contribution in [0.3, 0.4) is 0 Å². The molecule has 0 aliphatic carbocycles. The summed E-state index contributed by atoms with van der Waals surface area (Å²) in [5.41, 5.74) is 8.31. The molecule has 1 saturated heterocycles. The molecule has 2 nitrogen and oxygen atoms in total. The van der Waals surface area contributed by atoms with Gasteiger partial charge in [0.15, 0.2) is 0 Å². The second-order valence-corrected chi connectivity index (χ2v) is 2.11. The zero-order valence-corrected chi connectivity index (χ0v) is 5.70. The van der Waals surface area contributed by atoms with E-state index in [1.807, 2.05) is 0 Å². The number of allylic oxidation sites excluding steroid dienone is 1. The first-order valence-corrected chi connectivity index (χ1v) is 3.21. The van der Waals surface area contributed by atoms with E-state index in [0.717, 1.165) is 24.2 Å². The number of hydrogen-bond donors (Lipinski definition) is 2. The minimum absolute atomic E-state index is 0.867. The van der Waals surface area contributed by atoms with Crippen molar-refractivity contribution >= 4 is 0 Å². The lowest BCUT2D eigenvalue weighted by molar-refractivity contribution is 0.724. The van der Waals surface area contributed by atoms with Gasteiger partial charge in [0.25, 0.3) is 0 Å². The van der Waals surface area contributed by atoms with Gasteiger partial charge in [-0.1, -0.05) is 19.6 Å². The van der Waals surface area contributed by atoms with Gasteiger partial charge in [-0.15, -0.1) is 0 Å². The van der Waals surface area contributed by atoms with E-state index >= 15 is 0 Å². The van der Waals surface area contributed by atoms with Crippen molar-refractivity contribution in [1.82, 2.24) is 10.9 Å². The monoisotopic (exact) mass is 124 g/mol. The SMILES string of the molecule is C=C1CNN/C1=C/CC. The minimum Gasteiger partial charge on any atom is -0.321 e. The molecular weight excluding hydrogens is 112 g/mol. The molecule has 0 bridgehead atoms. The van der Waals surface area contributed by atoms with Crippen LogP contribution in [0.15, 0.2) is 23.9 Å². The average Bonchev–Trinajstić information content (AvgIpc) is 2.18. The maximum absolute atomic E-state index is 3.86. The van der Waals surface area contributed by atoms with E-state index in [1.165, 1.54) is 0 Å². The summed E-state index contributed by atoms with van der Waals surface area (Å²) in [6.07, 6.45) is 3.19. The summed E-state index contributed by atoms with van der Waals surface area (Å²) in [5, 5.41) is 0. The van der Waals surface area contributed by atoms with E-state index in [4.69, 9.17) is 0 Å². The van der Waals surface area contributed by atoms with E-state index in [9.17, 15) is 0 Å². The molecule has 2 heteroatoms. The highest BCUT2D eigenvalue weighted by Crippen LogP contribution is 2.07. The van der Waals surface area contributed by atoms with Gasteiger partial charge in [-0.05, 0) is 12.0 Å². The van der Waals surface area contributed by atoms with Crippen molar-refractivity contribution in [3.63, 3.8) is 0 Å². The molecule has 1 heterocycles. The minimum atomic E-state index is 0.867. The van der Waals surface area contributed by atoms with Crippen LogP contribution >= 0.6 is 0 Å². The fraction of sp³-hybridized carbons (Fsp3) is 0.429. The van der Waals surface area contributed by atoms with Crippen molar-refractivity contribution in [3.05, 3.63) is 23.9 Å². The smallest absolute Gasteiger partial charge is 0.0487 e. The molecule has 0 aromatic heterocycles. The summed E-state index contributed by atoms with van der Waals surface area (Å²) in [6.45, 7) is 6.84. The molecule has 50 valence electrons. The lowest BCUT2D eigenvalue weighted by Crippen LogP contribution is -2.20. The van der Waals surface area contributed by atoms with Crippen LogP contribution in [0.25, 0.3) is 0 Å². The molecular formula is C7H12N2. The Morgan fingerprint density at radius 3 is 3.00 bits per heavy atom. The summed E-state index contributed by atoms with van der Waals surface area (Å²) >= 11 is 0. The highest BCUT2D eigenvalue weighted by Gasteiger charge is 2.06. The van der Waals surface area contributed by atoms with Gasteiger partial charge < -0.3 is 5.43 Å². The summed E-state index contributed by atoms with van der Waals surface area (Å²) in [5.74, 6) is 0. The van der Waals surface area contributed by atoms with E-state index in [-0.39, 0.29) is 0 Å². The van der Waals surface area contributed by atoms with Crippen LogP contribution < -0.4 is 10.9 Å². The number of hydrazine groups is 1. The molecule has 2 N–H and O–H groups in total. The number of nitrogens with one attached hydrogen (secondary N) is 2. The molecule has 0 atom stereocenters. The standard InChI is InChI=1S/C7H12N2/c1-3-4-7-6(2)5-8-9-7/h4,8-9H,2-3,5H2,1H3/b7-4+. The Morgan fingerprint density at radius 1 is 1.78 bits per heavy atom. The molecule has 0 radical (unpaired) electrons. The van der Waals surface area contributed by atoms with Crippen LogP contribution in [0, 0.1) is 0 Å². The van der Waals surface area contributed by atoms with Gasteiger partial charge in [0, 0.05) is 12.2 Å². The second kappa shape index (κ2) is 2.69. The zero-order valence-electron chi connectivity index (χ0n) is 5.70. The summed E-state index contributed by atoms with van der Waals surface area (Å²) in [6, 6.07) is 0. The quantitative estimate of drug-likeness (QED) is 0.543. The molecule has 1 aliphatic heterocycles. The summed E-state index contributed by atoms with van der Waals surface area (Å²) in [7, 11) is 0. The van der Waals surface area contributed by atoms with Gasteiger partial charge in [0.1, 0.15) is 0 Å². The summed E-state index contributed by atoms with van der Waals surface area (Å²) < 4.78 is 0. The lowest BCUT2D eigenvalue weighted by Gasteiger charge is -1.95. The maximum Gasteiger partial charge on any atom is 0.0487 e. The third-order valence-electron chi connectivity index (χ3n) is 1.31. The van der Waals surface area contributed by atoms with Crippen molar-refractivity contribution < 1.29 is 0 Å². The molecule has 0 amide bonds. The zero-order chi connectivity index (χ0) is 6.69. The Labute approximate surface area is 55.6 Å². The van der Waals surface area contributed by atoms with Crippen molar-refractivity contribution in [2.45, 2.75) is 13.3 Å². The van der Waals surface area contributed by atoms with Gasteiger partial charge in [0.05, 0.1) is 0 Å². The Hall–Kier alpha value is -0.760. The van der Waals surface area contributed by atoms with E-state index in [0.29, 0.717) is 0 Å². The molecule has 1 rings (SSSR count). The normalized spacial score (nSPS) is 22.8. The van der Waals surface area contributed by atoms with Crippen LogP contribution in [0.2, 0.25) is 0 Å². The first kappa shape index (κ1) is 6.36. The van der Waals surface area contributed by atoms with Gasteiger partial charge in [0.2, 0.25) is 0 Å². The van der Waals surface area contributed by atoms with Crippen molar-refractivity contribution in [1.29, 1.82) is 0 Å². The maximum atomic E-state index is 3.86. The van der Waals surface area contributed by atoms with Crippen LogP contribution in [-0.4, -0.2) is 6.54 Å². The molecule has 0 unspecified atom stereocenters. The van der Waals surface area contributed by atoms with Gasteiger partial charge in [-0.2, -0.15) is 0 Å². The third kappa shape index (κ3) is 1.33. The highest BCUT2D eigenvalue weighted by atomic mass is 15.4. The molecule has 1 fully saturated rings. The fourth-order valence-corrected chi connectivity index (χ4v) is 0.829. The predicted octanol–water partition coefficient (Wildman–Crippen LogP) is 0.944. The Morgan fingerprint density at radius 2 is 2.56 bits per heavy atom. The largest absolute Gasteiger partial charge is 0.321 e. The molecule has 0 aromatic carbocycles. The summed E-state index contributed by atoms with van der Waals surface area (Å²) in [4.78, 5) is 0. The van der Waals surface area contributed by atoms with Crippen molar-refractivity contribution in [2.24, 2.45) is 0 Å². The van der Waals surface area contributed by atoms with E-state index in [2.05, 4.69) is 30.4 Å². The fourth-order valence-electron chi connectivity index (χ4n) is 0.829. The van der Waals surface area contributed by atoms with Crippen molar-refractivity contribution in [2.75, 3.05) is 6.54 Å². The first-order valence-electron chi connectivity index (χ1n) is 3.21.